The lowest BCUT2D eigenvalue weighted by Crippen LogP contribution is -2.23. The van der Waals surface area contributed by atoms with Crippen molar-refractivity contribution < 1.29 is 27.4 Å². The van der Waals surface area contributed by atoms with Crippen molar-refractivity contribution in [3.8, 4) is 0 Å². The molecule has 1 rings (SSSR count). The first-order valence-electron chi connectivity index (χ1n) is 6.81. The van der Waals surface area contributed by atoms with E-state index in [0.29, 0.717) is 6.61 Å². The third-order valence-electron chi connectivity index (χ3n) is 2.93. The quantitative estimate of drug-likeness (QED) is 0.435. The molecule has 0 amide bonds. The summed E-state index contributed by atoms with van der Waals surface area (Å²) in [6, 6.07) is 0.896. The summed E-state index contributed by atoms with van der Waals surface area (Å²) in [4.78, 5) is 11.5. The molecule has 22 heavy (non-hydrogen) atoms. The van der Waals surface area contributed by atoms with Gasteiger partial charge in [0.05, 0.1) is 25.4 Å². The molecule has 0 radical (unpaired) electrons. The average Bonchev–Trinajstić information content (AvgIpc) is 2.73. The van der Waals surface area contributed by atoms with Gasteiger partial charge in [-0.2, -0.15) is 18.3 Å². The number of halogens is 3. The van der Waals surface area contributed by atoms with Gasteiger partial charge < -0.3 is 9.47 Å². The minimum atomic E-state index is -4.45. The molecule has 0 aliphatic carbocycles. The lowest BCUT2D eigenvalue weighted by atomic mass is 10.2. The van der Waals surface area contributed by atoms with Gasteiger partial charge in [-0.05, 0) is 6.04 Å². The molecule has 0 atom stereocenters. The number of hydrogen-bond donors (Lipinski definition) is 0. The maximum absolute atomic E-state index is 12.7. The highest BCUT2D eigenvalue weighted by molar-refractivity contribution is 6.76. The summed E-state index contributed by atoms with van der Waals surface area (Å²) in [5.74, 6) is -0.840. The first-order valence-corrected chi connectivity index (χ1v) is 10.5. The van der Waals surface area contributed by atoms with Crippen molar-refractivity contribution >= 4 is 14.0 Å². The van der Waals surface area contributed by atoms with Crippen molar-refractivity contribution in [3.63, 3.8) is 0 Å². The van der Waals surface area contributed by atoms with E-state index < -0.39 is 26.6 Å². The van der Waals surface area contributed by atoms with Crippen molar-refractivity contribution in [2.75, 3.05) is 13.7 Å². The molecule has 5 nitrogen and oxygen atoms in total. The number of ether oxygens (including phenoxy) is 2. The summed E-state index contributed by atoms with van der Waals surface area (Å²) >= 11 is 0. The minimum Gasteiger partial charge on any atom is -0.465 e. The molecule has 0 N–H and O–H groups in total. The smallest absolute Gasteiger partial charge is 0.394 e. The van der Waals surface area contributed by atoms with E-state index in [1.807, 2.05) is 0 Å². The largest absolute Gasteiger partial charge is 0.465 e. The van der Waals surface area contributed by atoms with Crippen LogP contribution in [0.4, 0.5) is 13.2 Å². The van der Waals surface area contributed by atoms with Gasteiger partial charge in [0.2, 0.25) is 0 Å². The molecule has 1 aromatic heterocycles. The van der Waals surface area contributed by atoms with Crippen LogP contribution < -0.4 is 0 Å². The standard InChI is InChI=1S/C13H21F3N2O3Si/c1-20-12(19)10-8-17-18(11(10)7-13(14,15)16)9-21-5-6-22(2,3)4/h8H,5-7,9H2,1-4H3. The summed E-state index contributed by atoms with van der Waals surface area (Å²) < 4.78 is 48.9. The summed E-state index contributed by atoms with van der Waals surface area (Å²) in [7, 11) is -0.162. The molecule has 0 bridgehead atoms. The fourth-order valence-corrected chi connectivity index (χ4v) is 2.46. The summed E-state index contributed by atoms with van der Waals surface area (Å²) in [5.41, 5.74) is -0.430. The molecular weight excluding hydrogens is 317 g/mol. The third kappa shape index (κ3) is 6.18. The number of aromatic nitrogens is 2. The molecule has 1 heterocycles. The average molecular weight is 338 g/mol. The molecule has 0 fully saturated rings. The Kier molecular flexibility index (Phi) is 6.18. The maximum Gasteiger partial charge on any atom is 0.394 e. The van der Waals surface area contributed by atoms with Gasteiger partial charge in [-0.25, -0.2) is 9.48 Å². The molecule has 0 saturated carbocycles. The summed E-state index contributed by atoms with van der Waals surface area (Å²) in [6.45, 7) is 6.86. The molecule has 0 spiro atoms. The van der Waals surface area contributed by atoms with E-state index in [0.717, 1.165) is 24.0 Å². The Hall–Kier alpha value is -1.35. The van der Waals surface area contributed by atoms with Crippen LogP contribution in [0.15, 0.2) is 6.20 Å². The third-order valence-corrected chi connectivity index (χ3v) is 4.64. The van der Waals surface area contributed by atoms with Gasteiger partial charge >= 0.3 is 12.1 Å². The first-order chi connectivity index (χ1) is 10.0. The lowest BCUT2D eigenvalue weighted by molar-refractivity contribution is -0.129. The zero-order valence-electron chi connectivity index (χ0n) is 13.2. The molecule has 0 saturated heterocycles. The van der Waals surface area contributed by atoms with Crippen LogP contribution in [0.5, 0.6) is 0 Å². The number of methoxy groups -OCH3 is 1. The number of esters is 1. The zero-order valence-corrected chi connectivity index (χ0v) is 14.2. The highest BCUT2D eigenvalue weighted by Crippen LogP contribution is 2.24. The van der Waals surface area contributed by atoms with Crippen LogP contribution in [0.2, 0.25) is 25.7 Å². The fraction of sp³-hybridized carbons (Fsp3) is 0.692. The van der Waals surface area contributed by atoms with Gasteiger partial charge in [-0.1, -0.05) is 19.6 Å². The molecule has 0 aliphatic heterocycles. The van der Waals surface area contributed by atoms with Gasteiger partial charge in [-0.15, -0.1) is 0 Å². The minimum absolute atomic E-state index is 0.118. The van der Waals surface area contributed by atoms with Gasteiger partial charge in [0.25, 0.3) is 0 Å². The Morgan fingerprint density at radius 1 is 1.36 bits per heavy atom. The van der Waals surface area contributed by atoms with Crippen molar-refractivity contribution in [1.82, 2.24) is 9.78 Å². The van der Waals surface area contributed by atoms with Crippen LogP contribution in [0, 0.1) is 0 Å². The maximum atomic E-state index is 12.7. The normalized spacial score (nSPS) is 12.5. The van der Waals surface area contributed by atoms with Gasteiger partial charge in [0.1, 0.15) is 12.3 Å². The Bertz CT molecular complexity index is 510. The van der Waals surface area contributed by atoms with Crippen molar-refractivity contribution in [3.05, 3.63) is 17.5 Å². The number of alkyl halides is 3. The number of carbonyl (C=O) groups is 1. The van der Waals surface area contributed by atoms with E-state index in [9.17, 15) is 18.0 Å². The first kappa shape index (κ1) is 18.7. The van der Waals surface area contributed by atoms with Crippen LogP contribution in [-0.4, -0.2) is 43.7 Å². The molecule has 0 aromatic carbocycles. The Morgan fingerprint density at radius 2 is 2.00 bits per heavy atom. The molecule has 126 valence electrons. The molecule has 1 aromatic rings. The monoisotopic (exact) mass is 338 g/mol. The van der Waals surface area contributed by atoms with Crippen molar-refractivity contribution in [1.29, 1.82) is 0 Å². The van der Waals surface area contributed by atoms with Gasteiger partial charge in [0.15, 0.2) is 0 Å². The van der Waals surface area contributed by atoms with Crippen LogP contribution in [-0.2, 0) is 22.6 Å². The lowest BCUT2D eigenvalue weighted by Gasteiger charge is -2.16. The molecule has 0 aliphatic rings. The fourth-order valence-electron chi connectivity index (χ4n) is 1.71. The highest BCUT2D eigenvalue weighted by atomic mass is 28.3. The van der Waals surface area contributed by atoms with Gasteiger partial charge in [-0.3, -0.25) is 0 Å². The SMILES string of the molecule is COC(=O)c1cnn(COCC[Si](C)(C)C)c1CC(F)(F)F. The van der Waals surface area contributed by atoms with Crippen LogP contribution >= 0.6 is 0 Å². The number of carbonyl (C=O) groups excluding carboxylic acids is 1. The van der Waals surface area contributed by atoms with E-state index >= 15 is 0 Å². The summed E-state index contributed by atoms with van der Waals surface area (Å²) in [6.07, 6.45) is -4.62. The Morgan fingerprint density at radius 3 is 2.50 bits per heavy atom. The second-order valence-corrected chi connectivity index (χ2v) is 11.8. The number of hydrogen-bond acceptors (Lipinski definition) is 4. The Labute approximate surface area is 128 Å². The second-order valence-electron chi connectivity index (χ2n) is 6.14. The topological polar surface area (TPSA) is 53.3 Å². The van der Waals surface area contributed by atoms with Crippen molar-refractivity contribution in [2.24, 2.45) is 0 Å². The van der Waals surface area contributed by atoms with E-state index in [4.69, 9.17) is 4.74 Å². The van der Waals surface area contributed by atoms with Crippen LogP contribution in [0.25, 0.3) is 0 Å². The zero-order chi connectivity index (χ0) is 17.0. The number of rotatable bonds is 7. The van der Waals surface area contributed by atoms with E-state index in [1.54, 1.807) is 0 Å². The van der Waals surface area contributed by atoms with Crippen molar-refractivity contribution in [2.45, 2.75) is 45.0 Å². The van der Waals surface area contributed by atoms with Gasteiger partial charge in [0, 0.05) is 14.7 Å². The predicted octanol–water partition coefficient (Wildman–Crippen LogP) is 3.09. The van der Waals surface area contributed by atoms with Crippen LogP contribution in [0.1, 0.15) is 16.1 Å². The van der Waals surface area contributed by atoms with E-state index in [-0.39, 0.29) is 18.0 Å². The van der Waals surface area contributed by atoms with E-state index in [2.05, 4.69) is 29.5 Å². The molecular formula is C13H21F3N2O3Si. The van der Waals surface area contributed by atoms with Crippen LogP contribution in [0.3, 0.4) is 0 Å². The van der Waals surface area contributed by atoms with E-state index in [1.165, 1.54) is 0 Å². The Balaban J connectivity index is 2.81. The molecule has 0 unspecified atom stereocenters. The predicted molar refractivity (Wildman–Crippen MR) is 77.4 cm³/mol. The second kappa shape index (κ2) is 7.27. The number of nitrogens with zero attached hydrogens (tertiary/aromatic N) is 2. The highest BCUT2D eigenvalue weighted by Gasteiger charge is 2.33. The summed E-state index contributed by atoms with van der Waals surface area (Å²) in [5, 5.41) is 3.81. The molecule has 9 heteroatoms.